The van der Waals surface area contributed by atoms with Crippen LogP contribution >= 0.6 is 22.6 Å². The van der Waals surface area contributed by atoms with Gasteiger partial charge in [0.15, 0.2) is 0 Å². The van der Waals surface area contributed by atoms with Crippen LogP contribution in [0.15, 0.2) is 0 Å². The van der Waals surface area contributed by atoms with Gasteiger partial charge < -0.3 is 18.0 Å². The Morgan fingerprint density at radius 3 is 2.07 bits per heavy atom. The predicted molar refractivity (Wildman–Crippen MR) is 66.0 cm³/mol. The van der Waals surface area contributed by atoms with Crippen molar-refractivity contribution in [2.24, 2.45) is 0 Å². The first-order valence-electron chi connectivity index (χ1n) is 4.47. The van der Waals surface area contributed by atoms with Gasteiger partial charge in [0.2, 0.25) is 0 Å². The maximum absolute atomic E-state index is 11.2. The van der Waals surface area contributed by atoms with Crippen molar-refractivity contribution in [2.75, 3.05) is 27.9 Å². The van der Waals surface area contributed by atoms with Gasteiger partial charge in [-0.3, -0.25) is 4.79 Å². The molecule has 0 N–H and O–H groups in total. The normalized spacial score (nSPS) is 13.7. The summed E-state index contributed by atoms with van der Waals surface area (Å²) in [5.74, 6) is -0.234. The zero-order valence-corrected chi connectivity index (χ0v) is 12.6. The van der Waals surface area contributed by atoms with Crippen molar-refractivity contribution in [2.45, 2.75) is 16.9 Å². The molecule has 0 radical (unpaired) electrons. The number of halogens is 1. The molecular formula is C8H17IO5Si. The van der Waals surface area contributed by atoms with Crippen LogP contribution in [0.5, 0.6) is 0 Å². The van der Waals surface area contributed by atoms with Crippen molar-refractivity contribution in [3.63, 3.8) is 0 Å². The molecule has 0 saturated carbocycles. The van der Waals surface area contributed by atoms with E-state index in [0.29, 0.717) is 6.04 Å². The standard InChI is InChI=1S/C8H17IO5Si/c1-7(9)8(10)14-5-6-15(11-2,12-3)13-4/h7H,5-6H2,1-4H3. The molecule has 1 atom stereocenters. The lowest BCUT2D eigenvalue weighted by atomic mass is 10.5. The second kappa shape index (κ2) is 7.55. The van der Waals surface area contributed by atoms with Crippen LogP contribution in [0.3, 0.4) is 0 Å². The van der Waals surface area contributed by atoms with Gasteiger partial charge in [-0.1, -0.05) is 22.6 Å². The van der Waals surface area contributed by atoms with E-state index in [2.05, 4.69) is 0 Å². The molecule has 0 aromatic heterocycles. The van der Waals surface area contributed by atoms with Crippen LogP contribution < -0.4 is 0 Å². The van der Waals surface area contributed by atoms with Crippen molar-refractivity contribution in [3.8, 4) is 0 Å². The summed E-state index contributed by atoms with van der Waals surface area (Å²) in [7, 11) is 1.99. The van der Waals surface area contributed by atoms with Gasteiger partial charge in [0.1, 0.15) is 3.92 Å². The van der Waals surface area contributed by atoms with Crippen molar-refractivity contribution in [1.82, 2.24) is 0 Å². The lowest BCUT2D eigenvalue weighted by Crippen LogP contribution is -2.44. The van der Waals surface area contributed by atoms with Crippen LogP contribution in [0, 0.1) is 0 Å². The minimum absolute atomic E-state index is 0.147. The first-order chi connectivity index (χ1) is 7.01. The van der Waals surface area contributed by atoms with E-state index < -0.39 is 8.80 Å². The lowest BCUT2D eigenvalue weighted by molar-refractivity contribution is -0.141. The zero-order valence-electron chi connectivity index (χ0n) is 9.41. The van der Waals surface area contributed by atoms with Crippen LogP contribution in [0.25, 0.3) is 0 Å². The number of carbonyl (C=O) groups excluding carboxylic acids is 1. The molecule has 0 amide bonds. The highest BCUT2D eigenvalue weighted by Crippen LogP contribution is 2.13. The Morgan fingerprint density at radius 1 is 1.27 bits per heavy atom. The second-order valence-electron chi connectivity index (χ2n) is 2.83. The van der Waals surface area contributed by atoms with Gasteiger partial charge in [-0.15, -0.1) is 0 Å². The number of hydrogen-bond acceptors (Lipinski definition) is 5. The minimum Gasteiger partial charge on any atom is -0.465 e. The summed E-state index contributed by atoms with van der Waals surface area (Å²) in [6, 6.07) is 0.464. The van der Waals surface area contributed by atoms with Crippen LogP contribution in [0.4, 0.5) is 0 Å². The monoisotopic (exact) mass is 348 g/mol. The van der Waals surface area contributed by atoms with Gasteiger partial charge >= 0.3 is 14.8 Å². The molecule has 0 fully saturated rings. The Bertz CT molecular complexity index is 187. The molecule has 90 valence electrons. The van der Waals surface area contributed by atoms with Crippen molar-refractivity contribution in [3.05, 3.63) is 0 Å². The summed E-state index contributed by atoms with van der Waals surface area (Å²) in [6.07, 6.45) is 0. The molecule has 1 unspecified atom stereocenters. The maximum Gasteiger partial charge on any atom is 0.503 e. The molecule has 0 heterocycles. The fourth-order valence-electron chi connectivity index (χ4n) is 0.948. The van der Waals surface area contributed by atoms with E-state index in [0.717, 1.165) is 0 Å². The molecule has 7 heteroatoms. The SMILES string of the molecule is CO[Si](CCOC(=O)C(C)I)(OC)OC. The topological polar surface area (TPSA) is 54.0 Å². The Kier molecular flexibility index (Phi) is 7.70. The molecule has 0 aromatic carbocycles. The molecule has 0 rings (SSSR count). The second-order valence-corrected chi connectivity index (χ2v) is 7.79. The van der Waals surface area contributed by atoms with E-state index in [-0.39, 0.29) is 16.5 Å². The fraction of sp³-hybridized carbons (Fsp3) is 0.875. The van der Waals surface area contributed by atoms with Gasteiger partial charge in [0.05, 0.1) is 12.7 Å². The quantitative estimate of drug-likeness (QED) is 0.300. The third kappa shape index (κ3) is 5.25. The smallest absolute Gasteiger partial charge is 0.465 e. The van der Waals surface area contributed by atoms with Crippen LogP contribution in [-0.4, -0.2) is 46.6 Å². The van der Waals surface area contributed by atoms with Gasteiger partial charge in [0.25, 0.3) is 0 Å². The average molecular weight is 348 g/mol. The van der Waals surface area contributed by atoms with E-state index in [1.807, 2.05) is 22.6 Å². The van der Waals surface area contributed by atoms with Crippen molar-refractivity contribution >= 4 is 37.4 Å². The molecule has 0 saturated heterocycles. The van der Waals surface area contributed by atoms with Crippen molar-refractivity contribution < 1.29 is 22.8 Å². The summed E-state index contributed by atoms with van der Waals surface area (Å²) >= 11 is 2.00. The lowest BCUT2D eigenvalue weighted by Gasteiger charge is -2.24. The third-order valence-corrected chi connectivity index (χ3v) is 5.10. The first kappa shape index (κ1) is 15.3. The van der Waals surface area contributed by atoms with Gasteiger partial charge in [-0.2, -0.15) is 0 Å². The fourth-order valence-corrected chi connectivity index (χ4v) is 2.59. The van der Waals surface area contributed by atoms with E-state index in [1.165, 1.54) is 21.3 Å². The third-order valence-electron chi connectivity index (χ3n) is 1.91. The van der Waals surface area contributed by atoms with E-state index >= 15 is 0 Å². The maximum atomic E-state index is 11.2. The van der Waals surface area contributed by atoms with Gasteiger partial charge in [0, 0.05) is 21.3 Å². The number of esters is 1. The Hall–Kier alpha value is 0.297. The Labute approximate surface area is 105 Å². The average Bonchev–Trinajstić information content (AvgIpc) is 2.24. The molecular weight excluding hydrogens is 331 g/mol. The van der Waals surface area contributed by atoms with E-state index in [1.54, 1.807) is 6.92 Å². The summed E-state index contributed by atoms with van der Waals surface area (Å²) in [4.78, 5) is 11.2. The number of hydrogen-bond donors (Lipinski definition) is 0. The summed E-state index contributed by atoms with van der Waals surface area (Å²) in [5.41, 5.74) is 0. The van der Waals surface area contributed by atoms with Crippen molar-refractivity contribution in [1.29, 1.82) is 0 Å². The molecule has 0 aliphatic rings. The highest BCUT2D eigenvalue weighted by Gasteiger charge is 2.37. The molecule has 0 spiro atoms. The Morgan fingerprint density at radius 2 is 1.73 bits per heavy atom. The number of rotatable bonds is 7. The highest BCUT2D eigenvalue weighted by molar-refractivity contribution is 14.1. The largest absolute Gasteiger partial charge is 0.503 e. The molecule has 0 bridgehead atoms. The first-order valence-corrected chi connectivity index (χ1v) is 7.65. The number of alkyl halides is 1. The molecule has 0 aliphatic carbocycles. The van der Waals surface area contributed by atoms with Gasteiger partial charge in [-0.25, -0.2) is 0 Å². The summed E-state index contributed by atoms with van der Waals surface area (Å²) in [5, 5.41) is 0. The molecule has 0 aliphatic heterocycles. The van der Waals surface area contributed by atoms with Crippen LogP contribution in [0.2, 0.25) is 6.04 Å². The Balaban J connectivity index is 3.96. The van der Waals surface area contributed by atoms with E-state index in [4.69, 9.17) is 18.0 Å². The minimum atomic E-state index is -2.60. The van der Waals surface area contributed by atoms with E-state index in [9.17, 15) is 4.79 Å². The number of ether oxygens (including phenoxy) is 1. The molecule has 0 aromatic rings. The zero-order chi connectivity index (χ0) is 11.9. The summed E-state index contributed by atoms with van der Waals surface area (Å²) < 4.78 is 20.4. The number of carbonyl (C=O) groups is 1. The van der Waals surface area contributed by atoms with Crippen LogP contribution in [-0.2, 0) is 22.8 Å². The summed E-state index contributed by atoms with van der Waals surface area (Å²) in [6.45, 7) is 2.03. The highest BCUT2D eigenvalue weighted by atomic mass is 127. The predicted octanol–water partition coefficient (Wildman–Crippen LogP) is 1.23. The molecule has 15 heavy (non-hydrogen) atoms. The molecule has 5 nitrogen and oxygen atoms in total. The van der Waals surface area contributed by atoms with Crippen LogP contribution in [0.1, 0.15) is 6.92 Å². The van der Waals surface area contributed by atoms with Gasteiger partial charge in [-0.05, 0) is 6.92 Å².